The van der Waals surface area contributed by atoms with E-state index in [-0.39, 0.29) is 37.0 Å². The van der Waals surface area contributed by atoms with Crippen LogP contribution in [-0.4, -0.2) is 27.1 Å². The highest BCUT2D eigenvalue weighted by molar-refractivity contribution is 7.92. The lowest BCUT2D eigenvalue weighted by Crippen LogP contribution is -2.32. The summed E-state index contributed by atoms with van der Waals surface area (Å²) in [4.78, 5) is 12.1. The molecular weight excluding hydrogens is 374 g/mol. The zero-order chi connectivity index (χ0) is 20.0. The Kier molecular flexibility index (Phi) is 6.90. The molecule has 146 valence electrons. The zero-order valence-electron chi connectivity index (χ0n) is 15.2. The molecule has 0 aliphatic rings. The summed E-state index contributed by atoms with van der Waals surface area (Å²) in [5, 5.41) is 2.85. The fraction of sp³-hybridized carbons (Fsp3) is 0.316. The molecule has 0 saturated heterocycles. The number of nitrogens with zero attached hydrogens (tertiary/aromatic N) is 1. The van der Waals surface area contributed by atoms with Gasteiger partial charge < -0.3 is 5.32 Å². The largest absolute Gasteiger partial charge is 0.350 e. The summed E-state index contributed by atoms with van der Waals surface area (Å²) in [6.07, 6.45) is 1.32. The van der Waals surface area contributed by atoms with Crippen LogP contribution in [-0.2, 0) is 14.8 Å². The van der Waals surface area contributed by atoms with E-state index in [1.165, 1.54) is 6.07 Å². The average Bonchev–Trinajstić information content (AvgIpc) is 2.61. The van der Waals surface area contributed by atoms with E-state index < -0.39 is 21.7 Å². The molecule has 2 aromatic rings. The van der Waals surface area contributed by atoms with Crippen LogP contribution in [0.5, 0.6) is 0 Å². The quantitative estimate of drug-likeness (QED) is 0.744. The lowest BCUT2D eigenvalue weighted by molar-refractivity contribution is -0.121. The van der Waals surface area contributed by atoms with Crippen LogP contribution in [0.2, 0.25) is 0 Å². The molecule has 1 N–H and O–H groups in total. The van der Waals surface area contributed by atoms with Crippen LogP contribution >= 0.6 is 0 Å². The number of amides is 1. The van der Waals surface area contributed by atoms with Gasteiger partial charge in [0.2, 0.25) is 15.9 Å². The monoisotopic (exact) mass is 396 g/mol. The molecule has 0 aromatic heterocycles. The number of sulfonamides is 1. The molecule has 0 aliphatic heterocycles. The van der Waals surface area contributed by atoms with Crippen LogP contribution in [0, 0.1) is 11.6 Å². The maximum Gasteiger partial charge on any atom is 0.232 e. The minimum Gasteiger partial charge on any atom is -0.350 e. The lowest BCUT2D eigenvalue weighted by atomic mass is 10.1. The number of hydrogen-bond acceptors (Lipinski definition) is 3. The smallest absolute Gasteiger partial charge is 0.232 e. The minimum absolute atomic E-state index is 0.0168. The van der Waals surface area contributed by atoms with Gasteiger partial charge >= 0.3 is 0 Å². The molecule has 0 fully saturated rings. The van der Waals surface area contributed by atoms with Gasteiger partial charge in [0.25, 0.3) is 0 Å². The first-order valence-electron chi connectivity index (χ1n) is 8.45. The Bertz CT molecular complexity index is 889. The lowest BCUT2D eigenvalue weighted by Gasteiger charge is -2.22. The molecule has 1 atom stereocenters. The second-order valence-corrected chi connectivity index (χ2v) is 8.14. The van der Waals surface area contributed by atoms with E-state index in [0.29, 0.717) is 0 Å². The highest BCUT2D eigenvalue weighted by Crippen LogP contribution is 2.21. The van der Waals surface area contributed by atoms with E-state index in [1.54, 1.807) is 0 Å². The van der Waals surface area contributed by atoms with Crippen molar-refractivity contribution in [1.29, 1.82) is 0 Å². The summed E-state index contributed by atoms with van der Waals surface area (Å²) in [5.41, 5.74) is 0.986. The topological polar surface area (TPSA) is 66.5 Å². The third-order valence-corrected chi connectivity index (χ3v) is 5.23. The molecule has 0 saturated carbocycles. The predicted octanol–water partition coefficient (Wildman–Crippen LogP) is 3.39. The Hall–Kier alpha value is -2.48. The number of hydrogen-bond donors (Lipinski definition) is 1. The van der Waals surface area contributed by atoms with E-state index in [4.69, 9.17) is 0 Å². The minimum atomic E-state index is -3.70. The number of benzene rings is 2. The number of carbonyl (C=O) groups is 1. The summed E-state index contributed by atoms with van der Waals surface area (Å²) in [7, 11) is -3.70. The van der Waals surface area contributed by atoms with Gasteiger partial charge in [0.05, 0.1) is 18.0 Å². The first kappa shape index (κ1) is 20.8. The molecule has 0 aliphatic carbocycles. The second-order valence-electron chi connectivity index (χ2n) is 6.24. The molecule has 0 radical (unpaired) electrons. The van der Waals surface area contributed by atoms with E-state index >= 15 is 0 Å². The summed E-state index contributed by atoms with van der Waals surface area (Å²) in [6.45, 7) is 1.84. The van der Waals surface area contributed by atoms with Crippen molar-refractivity contribution in [2.45, 2.75) is 25.8 Å². The summed E-state index contributed by atoms with van der Waals surface area (Å²) in [6, 6.07) is 12.2. The second kappa shape index (κ2) is 8.94. The van der Waals surface area contributed by atoms with Crippen molar-refractivity contribution in [3.05, 3.63) is 65.7 Å². The van der Waals surface area contributed by atoms with Gasteiger partial charge in [0.1, 0.15) is 0 Å². The van der Waals surface area contributed by atoms with Crippen LogP contribution in [0.15, 0.2) is 48.5 Å². The van der Waals surface area contributed by atoms with Gasteiger partial charge in [-0.2, -0.15) is 0 Å². The van der Waals surface area contributed by atoms with E-state index in [0.717, 1.165) is 28.3 Å². The number of halogens is 2. The Balaban J connectivity index is 1.95. The Morgan fingerprint density at radius 2 is 1.78 bits per heavy atom. The SMILES string of the molecule is C[C@H](NC(=O)CCCN(c1ccc(F)c(F)c1)S(C)(=O)=O)c1ccccc1. The van der Waals surface area contributed by atoms with Gasteiger partial charge in [0.15, 0.2) is 11.6 Å². The molecule has 0 heterocycles. The van der Waals surface area contributed by atoms with Crippen molar-refractivity contribution >= 4 is 21.6 Å². The fourth-order valence-electron chi connectivity index (χ4n) is 2.65. The van der Waals surface area contributed by atoms with E-state index in [9.17, 15) is 22.0 Å². The number of carbonyl (C=O) groups excluding carboxylic acids is 1. The highest BCUT2D eigenvalue weighted by Gasteiger charge is 2.19. The molecule has 0 spiro atoms. The summed E-state index contributed by atoms with van der Waals surface area (Å²) >= 11 is 0. The van der Waals surface area contributed by atoms with Crippen molar-refractivity contribution in [2.24, 2.45) is 0 Å². The first-order chi connectivity index (χ1) is 12.7. The maximum absolute atomic E-state index is 13.4. The van der Waals surface area contributed by atoms with Crippen molar-refractivity contribution in [3.8, 4) is 0 Å². The molecule has 1 amide bonds. The maximum atomic E-state index is 13.4. The Labute approximate surface area is 158 Å². The number of nitrogens with one attached hydrogen (secondary N) is 1. The van der Waals surface area contributed by atoms with Gasteiger partial charge in [0, 0.05) is 19.0 Å². The van der Waals surface area contributed by atoms with Gasteiger partial charge in [-0.25, -0.2) is 17.2 Å². The van der Waals surface area contributed by atoms with Crippen molar-refractivity contribution < 1.29 is 22.0 Å². The molecule has 2 rings (SSSR count). The van der Waals surface area contributed by atoms with Crippen molar-refractivity contribution in [1.82, 2.24) is 5.32 Å². The van der Waals surface area contributed by atoms with Crippen LogP contribution in [0.25, 0.3) is 0 Å². The van der Waals surface area contributed by atoms with Gasteiger partial charge in [-0.3, -0.25) is 9.10 Å². The number of rotatable bonds is 8. The fourth-order valence-corrected chi connectivity index (χ4v) is 3.61. The van der Waals surface area contributed by atoms with Crippen molar-refractivity contribution in [3.63, 3.8) is 0 Å². The molecule has 27 heavy (non-hydrogen) atoms. The molecule has 0 bridgehead atoms. The normalized spacial score (nSPS) is 12.4. The highest BCUT2D eigenvalue weighted by atomic mass is 32.2. The van der Waals surface area contributed by atoms with Crippen LogP contribution in [0.4, 0.5) is 14.5 Å². The number of anilines is 1. The van der Waals surface area contributed by atoms with Gasteiger partial charge in [-0.15, -0.1) is 0 Å². The van der Waals surface area contributed by atoms with Crippen LogP contribution in [0.1, 0.15) is 31.4 Å². The third kappa shape index (κ3) is 6.02. The van der Waals surface area contributed by atoms with E-state index in [1.807, 2.05) is 37.3 Å². The Morgan fingerprint density at radius 1 is 1.11 bits per heavy atom. The van der Waals surface area contributed by atoms with E-state index in [2.05, 4.69) is 5.32 Å². The van der Waals surface area contributed by atoms with Gasteiger partial charge in [-0.05, 0) is 31.0 Å². The van der Waals surface area contributed by atoms with Crippen LogP contribution in [0.3, 0.4) is 0 Å². The zero-order valence-corrected chi connectivity index (χ0v) is 16.0. The third-order valence-electron chi connectivity index (χ3n) is 4.03. The van der Waals surface area contributed by atoms with Gasteiger partial charge in [-0.1, -0.05) is 30.3 Å². The average molecular weight is 396 g/mol. The molecular formula is C19H22F2N2O3S. The molecule has 2 aromatic carbocycles. The first-order valence-corrected chi connectivity index (χ1v) is 10.3. The predicted molar refractivity (Wildman–Crippen MR) is 101 cm³/mol. The van der Waals surface area contributed by atoms with Crippen LogP contribution < -0.4 is 9.62 Å². The molecule has 8 heteroatoms. The molecule has 0 unspecified atom stereocenters. The molecule has 5 nitrogen and oxygen atoms in total. The summed E-state index contributed by atoms with van der Waals surface area (Å²) in [5.74, 6) is -2.40. The summed E-state index contributed by atoms with van der Waals surface area (Å²) < 4.78 is 51.4. The Morgan fingerprint density at radius 3 is 2.37 bits per heavy atom. The standard InChI is InChI=1S/C19H22F2N2O3S/c1-14(15-7-4-3-5-8-15)22-19(24)9-6-12-23(27(2,25)26)16-10-11-17(20)18(21)13-16/h3-5,7-8,10-11,13-14H,6,9,12H2,1-2H3,(H,22,24)/t14-/m0/s1. The van der Waals surface area contributed by atoms with Crippen molar-refractivity contribution in [2.75, 3.05) is 17.1 Å².